The first kappa shape index (κ1) is 23.4. The lowest BCUT2D eigenvalue weighted by Gasteiger charge is -2.14. The molecular formula is C26H20F3N3O4. The highest BCUT2D eigenvalue weighted by molar-refractivity contribution is 5.91. The molecule has 7 nitrogen and oxygen atoms in total. The maximum absolute atomic E-state index is 13.3. The molecule has 0 unspecified atom stereocenters. The Kier molecular flexibility index (Phi) is 6.09. The molecule has 4 aromatic rings. The Balaban J connectivity index is 1.43. The largest absolute Gasteiger partial charge is 0.454 e. The number of hydrogen-bond acceptors (Lipinski definition) is 5. The normalized spacial score (nSPS) is 12.6. The number of nitrogens with one attached hydrogen (secondary N) is 1. The van der Waals surface area contributed by atoms with Gasteiger partial charge in [-0.25, -0.2) is 4.98 Å². The van der Waals surface area contributed by atoms with Crippen LogP contribution in [0.2, 0.25) is 0 Å². The second-order valence-corrected chi connectivity index (χ2v) is 8.25. The number of aryl methyl sites for hydroxylation is 1. The van der Waals surface area contributed by atoms with Gasteiger partial charge in [-0.05, 0) is 35.9 Å². The van der Waals surface area contributed by atoms with Crippen molar-refractivity contribution in [3.8, 4) is 11.5 Å². The average molecular weight is 495 g/mol. The number of hydrogen-bond donors (Lipinski definition) is 1. The number of anilines is 1. The third-order valence-electron chi connectivity index (χ3n) is 5.77. The molecule has 0 bridgehead atoms. The van der Waals surface area contributed by atoms with E-state index in [1.807, 2.05) is 30.3 Å². The second kappa shape index (κ2) is 9.37. The minimum absolute atomic E-state index is 0.0126. The molecule has 1 aliphatic rings. The Morgan fingerprint density at radius 1 is 1.00 bits per heavy atom. The molecule has 0 saturated carbocycles. The van der Waals surface area contributed by atoms with E-state index in [0.717, 1.165) is 17.7 Å². The fraction of sp³-hybridized carbons (Fsp3) is 0.192. The third-order valence-corrected chi connectivity index (χ3v) is 5.77. The van der Waals surface area contributed by atoms with Crippen molar-refractivity contribution in [2.75, 3.05) is 12.1 Å². The fourth-order valence-corrected chi connectivity index (χ4v) is 3.99. The van der Waals surface area contributed by atoms with Gasteiger partial charge in [-0.2, -0.15) is 13.2 Å². The van der Waals surface area contributed by atoms with Gasteiger partial charge in [0, 0.05) is 24.6 Å². The number of halogens is 3. The minimum atomic E-state index is -4.55. The molecule has 0 atom stereocenters. The van der Waals surface area contributed by atoms with Crippen LogP contribution in [0.1, 0.15) is 23.2 Å². The van der Waals surface area contributed by atoms with Gasteiger partial charge in [-0.3, -0.25) is 9.59 Å². The molecule has 0 aliphatic carbocycles. The molecule has 3 aromatic carbocycles. The quantitative estimate of drug-likeness (QED) is 0.417. The first-order valence-corrected chi connectivity index (χ1v) is 11.1. The number of amides is 1. The van der Waals surface area contributed by atoms with Crippen LogP contribution in [0.3, 0.4) is 0 Å². The Morgan fingerprint density at radius 3 is 2.56 bits per heavy atom. The Labute approximate surface area is 203 Å². The zero-order chi connectivity index (χ0) is 25.3. The second-order valence-electron chi connectivity index (χ2n) is 8.25. The zero-order valence-electron chi connectivity index (χ0n) is 18.8. The molecular weight excluding hydrogens is 475 g/mol. The molecule has 1 amide bonds. The molecule has 5 rings (SSSR count). The summed E-state index contributed by atoms with van der Waals surface area (Å²) in [4.78, 5) is 30.1. The first-order chi connectivity index (χ1) is 17.3. The smallest absolute Gasteiger partial charge is 0.416 e. The van der Waals surface area contributed by atoms with E-state index in [1.54, 1.807) is 18.2 Å². The van der Waals surface area contributed by atoms with Gasteiger partial charge in [0.25, 0.3) is 5.56 Å². The molecule has 0 saturated heterocycles. The maximum Gasteiger partial charge on any atom is 0.416 e. The van der Waals surface area contributed by atoms with Crippen LogP contribution in [0, 0.1) is 0 Å². The molecule has 10 heteroatoms. The lowest BCUT2D eigenvalue weighted by Crippen LogP contribution is -2.27. The summed E-state index contributed by atoms with van der Waals surface area (Å²) in [6, 6.07) is 17.2. The van der Waals surface area contributed by atoms with E-state index >= 15 is 0 Å². The van der Waals surface area contributed by atoms with Crippen molar-refractivity contribution in [2.45, 2.75) is 25.6 Å². The number of nitrogens with zero attached hydrogens (tertiary/aromatic N) is 2. The zero-order valence-corrected chi connectivity index (χ0v) is 18.8. The van der Waals surface area contributed by atoms with Gasteiger partial charge in [0.1, 0.15) is 5.69 Å². The Morgan fingerprint density at radius 2 is 1.78 bits per heavy atom. The van der Waals surface area contributed by atoms with Crippen LogP contribution in [0.4, 0.5) is 18.9 Å². The summed E-state index contributed by atoms with van der Waals surface area (Å²) < 4.78 is 51.9. The molecule has 2 heterocycles. The van der Waals surface area contributed by atoms with E-state index in [-0.39, 0.29) is 48.8 Å². The van der Waals surface area contributed by atoms with Gasteiger partial charge in [0.05, 0.1) is 23.1 Å². The van der Waals surface area contributed by atoms with Crippen LogP contribution in [-0.4, -0.2) is 22.3 Å². The predicted octanol–water partition coefficient (Wildman–Crippen LogP) is 4.76. The number of ether oxygens (including phenoxy) is 2. The molecule has 36 heavy (non-hydrogen) atoms. The van der Waals surface area contributed by atoms with Gasteiger partial charge in [0.15, 0.2) is 11.5 Å². The number of carbonyl (C=O) groups excluding carboxylic acids is 1. The molecule has 1 aliphatic heterocycles. The molecule has 184 valence electrons. The van der Waals surface area contributed by atoms with E-state index in [0.29, 0.717) is 17.2 Å². The van der Waals surface area contributed by atoms with Crippen LogP contribution >= 0.6 is 0 Å². The monoisotopic (exact) mass is 495 g/mol. The fourth-order valence-electron chi connectivity index (χ4n) is 3.99. The van der Waals surface area contributed by atoms with Gasteiger partial charge < -0.3 is 19.4 Å². The van der Waals surface area contributed by atoms with Crippen molar-refractivity contribution in [2.24, 2.45) is 0 Å². The minimum Gasteiger partial charge on any atom is -0.454 e. The lowest BCUT2D eigenvalue weighted by atomic mass is 10.1. The summed E-state index contributed by atoms with van der Waals surface area (Å²) in [5, 5.41) is 2.72. The SMILES string of the molecule is O=C(CCc1nc2cc(C(F)(F)F)ccc2n(Cc2ccccc2)c1=O)Nc1ccc2c(c1)OCO2. The van der Waals surface area contributed by atoms with E-state index < -0.39 is 17.3 Å². The van der Waals surface area contributed by atoms with Gasteiger partial charge >= 0.3 is 6.18 Å². The summed E-state index contributed by atoms with van der Waals surface area (Å²) in [5.74, 6) is 0.702. The van der Waals surface area contributed by atoms with Crippen LogP contribution in [0.5, 0.6) is 11.5 Å². The number of aromatic nitrogens is 2. The van der Waals surface area contributed by atoms with Crippen molar-refractivity contribution < 1.29 is 27.4 Å². The summed E-state index contributed by atoms with van der Waals surface area (Å²) in [6.45, 7) is 0.256. The number of benzene rings is 3. The van der Waals surface area contributed by atoms with Crippen LogP contribution < -0.4 is 20.3 Å². The molecule has 0 radical (unpaired) electrons. The summed E-state index contributed by atoms with van der Waals surface area (Å²) in [6.07, 6.45) is -4.69. The molecule has 1 aromatic heterocycles. The lowest BCUT2D eigenvalue weighted by molar-refractivity contribution is -0.137. The molecule has 0 spiro atoms. The summed E-state index contributed by atoms with van der Waals surface area (Å²) in [5.41, 5.74) is 0.307. The van der Waals surface area contributed by atoms with Gasteiger partial charge in [-0.1, -0.05) is 30.3 Å². The Bertz CT molecular complexity index is 1500. The van der Waals surface area contributed by atoms with Crippen LogP contribution in [0.15, 0.2) is 71.5 Å². The number of carbonyl (C=O) groups is 1. The highest BCUT2D eigenvalue weighted by Gasteiger charge is 2.31. The van der Waals surface area contributed by atoms with Crippen molar-refractivity contribution >= 4 is 22.6 Å². The predicted molar refractivity (Wildman–Crippen MR) is 126 cm³/mol. The third kappa shape index (κ3) is 4.88. The number of fused-ring (bicyclic) bond motifs is 2. The van der Waals surface area contributed by atoms with E-state index in [4.69, 9.17) is 9.47 Å². The highest BCUT2D eigenvalue weighted by atomic mass is 19.4. The highest BCUT2D eigenvalue weighted by Crippen LogP contribution is 2.34. The van der Waals surface area contributed by atoms with Gasteiger partial charge in [-0.15, -0.1) is 0 Å². The summed E-state index contributed by atoms with van der Waals surface area (Å²) in [7, 11) is 0. The van der Waals surface area contributed by atoms with E-state index in [1.165, 1.54) is 10.6 Å². The van der Waals surface area contributed by atoms with Crippen molar-refractivity contribution in [3.63, 3.8) is 0 Å². The van der Waals surface area contributed by atoms with Crippen molar-refractivity contribution in [1.82, 2.24) is 9.55 Å². The standard InChI is InChI=1S/C26H20F3N3O4/c27-26(28,29)17-6-9-21-20(12-17)31-19(25(34)32(21)14-16-4-2-1-3-5-16)8-11-24(33)30-18-7-10-22-23(13-18)36-15-35-22/h1-7,9-10,12-13H,8,11,14-15H2,(H,30,33). The van der Waals surface area contributed by atoms with E-state index in [2.05, 4.69) is 10.3 Å². The van der Waals surface area contributed by atoms with Crippen LogP contribution in [-0.2, 0) is 23.9 Å². The maximum atomic E-state index is 13.3. The number of rotatable bonds is 6. The van der Waals surface area contributed by atoms with E-state index in [9.17, 15) is 22.8 Å². The average Bonchev–Trinajstić information content (AvgIpc) is 3.32. The van der Waals surface area contributed by atoms with Crippen LogP contribution in [0.25, 0.3) is 11.0 Å². The molecule has 0 fully saturated rings. The Hall–Kier alpha value is -4.34. The van der Waals surface area contributed by atoms with Crippen molar-refractivity contribution in [1.29, 1.82) is 0 Å². The first-order valence-electron chi connectivity index (χ1n) is 11.1. The van der Waals surface area contributed by atoms with Gasteiger partial charge in [0.2, 0.25) is 12.7 Å². The van der Waals surface area contributed by atoms with Crippen molar-refractivity contribution in [3.05, 3.63) is 93.9 Å². The number of alkyl halides is 3. The molecule has 1 N–H and O–H groups in total. The summed E-state index contributed by atoms with van der Waals surface area (Å²) >= 11 is 0. The topological polar surface area (TPSA) is 82.5 Å².